The molecule has 0 heterocycles. The van der Waals surface area contributed by atoms with Gasteiger partial charge in [-0.15, -0.1) is 0 Å². The van der Waals surface area contributed by atoms with E-state index in [4.69, 9.17) is 0 Å². The fourth-order valence-electron chi connectivity index (χ4n) is 1.72. The minimum absolute atomic E-state index is 0. The molecule has 0 fully saturated rings. The van der Waals surface area contributed by atoms with Gasteiger partial charge in [-0.2, -0.15) is 0 Å². The van der Waals surface area contributed by atoms with Crippen LogP contribution in [0.1, 0.15) is 6.92 Å². The Bertz CT molecular complexity index is 379. The summed E-state index contributed by atoms with van der Waals surface area (Å²) in [7, 11) is 0. The van der Waals surface area contributed by atoms with Gasteiger partial charge >= 0.3 is 105 Å². The zero-order valence-corrected chi connectivity index (χ0v) is 12.7. The molecule has 0 amide bonds. The Morgan fingerprint density at radius 2 is 1.24 bits per heavy atom. The van der Waals surface area contributed by atoms with Gasteiger partial charge in [0.25, 0.3) is 0 Å². The van der Waals surface area contributed by atoms with Crippen LogP contribution >= 0.6 is 6.57 Å². The van der Waals surface area contributed by atoms with Crippen molar-refractivity contribution in [2.75, 3.05) is 0 Å². The first-order valence-electron chi connectivity index (χ1n) is 5.64. The first-order valence-corrected chi connectivity index (χ1v) is 9.42. The Labute approximate surface area is 117 Å². The van der Waals surface area contributed by atoms with Crippen LogP contribution in [-0.2, 0) is 0 Å². The fourth-order valence-corrected chi connectivity index (χ4v) is 7.18. The molecule has 0 saturated heterocycles. The maximum Gasteiger partial charge on any atom is -1.00 e. The monoisotopic (exact) mass is 276 g/mol. The van der Waals surface area contributed by atoms with Crippen LogP contribution in [0.4, 0.5) is 0 Å². The van der Waals surface area contributed by atoms with Crippen LogP contribution in [-0.4, -0.2) is 14.8 Å². The molecular weight excluding hydrogens is 262 g/mol. The minimum Gasteiger partial charge on any atom is -1.00 e. The summed E-state index contributed by atoms with van der Waals surface area (Å²) in [4.78, 5) is 0. The Kier molecular flexibility index (Phi) is 6.87. The smallest absolute Gasteiger partial charge is 1.00 e. The number of hydrogen-bond donors (Lipinski definition) is 0. The van der Waals surface area contributed by atoms with Crippen LogP contribution in [0.3, 0.4) is 0 Å². The molecule has 0 aliphatic carbocycles. The molecule has 0 nitrogen and oxygen atoms in total. The van der Waals surface area contributed by atoms with E-state index in [0.29, 0.717) is 14.8 Å². The van der Waals surface area contributed by atoms with Crippen LogP contribution in [0, 0.1) is 0 Å². The molecule has 17 heavy (non-hydrogen) atoms. The van der Waals surface area contributed by atoms with Gasteiger partial charge in [-0.1, -0.05) is 0 Å². The Morgan fingerprint density at radius 1 is 0.824 bits per heavy atom. The molecular formula is C14H15AlClP. The van der Waals surface area contributed by atoms with E-state index >= 15 is 0 Å². The maximum absolute atomic E-state index is 2.30. The Balaban J connectivity index is 0.00000144. The van der Waals surface area contributed by atoms with Crippen molar-refractivity contribution in [1.82, 2.24) is 0 Å². The topological polar surface area (TPSA) is 0 Å². The molecule has 2 rings (SSSR count). The van der Waals surface area contributed by atoms with E-state index in [9.17, 15) is 0 Å². The largest absolute Gasteiger partial charge is 1.00 e. The van der Waals surface area contributed by atoms with E-state index in [-0.39, 0.29) is 19.0 Å². The fraction of sp³-hybridized carbons (Fsp3) is 0.143. The predicted octanol–water partition coefficient (Wildman–Crippen LogP) is 0.181. The second-order valence-electron chi connectivity index (χ2n) is 3.63. The Morgan fingerprint density at radius 3 is 1.59 bits per heavy atom. The Hall–Kier alpha value is -0.308. The average molecular weight is 277 g/mol. The summed E-state index contributed by atoms with van der Waals surface area (Å²) in [5, 5.41) is 4.39. The third-order valence-corrected chi connectivity index (χ3v) is 8.85. The molecule has 0 radical (unpaired) electrons. The SMILES string of the molecule is C[CH2][Al+][P](c1ccccc1)c1ccccc1.[Cl-]. The van der Waals surface area contributed by atoms with Crippen LogP contribution < -0.4 is 23.0 Å². The van der Waals surface area contributed by atoms with E-state index in [1.807, 2.05) is 0 Å². The molecule has 0 aliphatic heterocycles. The van der Waals surface area contributed by atoms with Gasteiger partial charge in [0.1, 0.15) is 0 Å². The zero-order chi connectivity index (χ0) is 11.2. The van der Waals surface area contributed by atoms with Crippen molar-refractivity contribution in [2.45, 2.75) is 12.2 Å². The van der Waals surface area contributed by atoms with Gasteiger partial charge in [0.05, 0.1) is 0 Å². The molecule has 0 saturated carbocycles. The summed E-state index contributed by atoms with van der Waals surface area (Å²) in [6.45, 7) is 2.23. The summed E-state index contributed by atoms with van der Waals surface area (Å²) < 4.78 is 0. The van der Waals surface area contributed by atoms with Crippen molar-refractivity contribution in [3.05, 3.63) is 60.7 Å². The first kappa shape index (κ1) is 14.8. The van der Waals surface area contributed by atoms with E-state index in [1.54, 1.807) is 0 Å². The molecule has 2 aromatic rings. The van der Waals surface area contributed by atoms with Gasteiger partial charge in [0.15, 0.2) is 0 Å². The third kappa shape index (κ3) is 4.13. The molecule has 0 spiro atoms. The minimum atomic E-state index is -0.0676. The van der Waals surface area contributed by atoms with Gasteiger partial charge in [-0.05, 0) is 0 Å². The number of rotatable bonds is 4. The van der Waals surface area contributed by atoms with E-state index in [0.717, 1.165) is 0 Å². The van der Waals surface area contributed by atoms with E-state index < -0.39 is 0 Å². The molecule has 0 bridgehead atoms. The van der Waals surface area contributed by atoms with Crippen molar-refractivity contribution in [3.8, 4) is 0 Å². The first-order chi connectivity index (χ1) is 7.92. The van der Waals surface area contributed by atoms with Crippen molar-refractivity contribution in [3.63, 3.8) is 0 Å². The second-order valence-corrected chi connectivity index (χ2v) is 9.23. The van der Waals surface area contributed by atoms with Crippen LogP contribution in [0.5, 0.6) is 0 Å². The second kappa shape index (κ2) is 7.91. The van der Waals surface area contributed by atoms with Gasteiger partial charge < -0.3 is 12.4 Å². The summed E-state index contributed by atoms with van der Waals surface area (Å²) in [6.07, 6.45) is 0. The quantitative estimate of drug-likeness (QED) is 0.552. The molecule has 3 heteroatoms. The predicted molar refractivity (Wildman–Crippen MR) is 75.3 cm³/mol. The van der Waals surface area contributed by atoms with Crippen LogP contribution in [0.15, 0.2) is 60.7 Å². The molecule has 0 aromatic heterocycles. The van der Waals surface area contributed by atoms with Crippen LogP contribution in [0.2, 0.25) is 5.28 Å². The normalized spacial score (nSPS) is 9.53. The van der Waals surface area contributed by atoms with Crippen LogP contribution in [0.25, 0.3) is 0 Å². The van der Waals surface area contributed by atoms with Crippen molar-refractivity contribution in [1.29, 1.82) is 0 Å². The number of benzene rings is 2. The van der Waals surface area contributed by atoms with E-state index in [2.05, 4.69) is 67.6 Å². The third-order valence-electron chi connectivity index (χ3n) is 2.43. The van der Waals surface area contributed by atoms with Gasteiger partial charge in [0.2, 0.25) is 0 Å². The summed E-state index contributed by atoms with van der Waals surface area (Å²) in [5.74, 6) is 0. The van der Waals surface area contributed by atoms with Gasteiger partial charge in [-0.3, -0.25) is 0 Å². The number of hydrogen-bond acceptors (Lipinski definition) is 0. The molecule has 0 N–H and O–H groups in total. The van der Waals surface area contributed by atoms with Crippen molar-refractivity contribution in [2.24, 2.45) is 0 Å². The average Bonchev–Trinajstić information content (AvgIpc) is 2.38. The maximum atomic E-state index is 2.30. The summed E-state index contributed by atoms with van der Waals surface area (Å²) in [5.41, 5.74) is 0. The molecule has 0 unspecified atom stereocenters. The van der Waals surface area contributed by atoms with Crippen molar-refractivity contribution < 1.29 is 12.4 Å². The standard InChI is InChI=1S/C12H10P.C2H5.Al.ClH/c1-3-7-11(8-4-1)13-12-9-5-2-6-10-12;1-2;;/h1-10H;1H2,2H3;;1H/q-1;;+2;/p-1. The molecule has 2 aromatic carbocycles. The molecule has 0 atom stereocenters. The van der Waals surface area contributed by atoms with Gasteiger partial charge in [0, 0.05) is 0 Å². The summed E-state index contributed by atoms with van der Waals surface area (Å²) >= 11 is 0.515. The molecule has 86 valence electrons. The van der Waals surface area contributed by atoms with Gasteiger partial charge in [-0.25, -0.2) is 0 Å². The number of halogens is 1. The summed E-state index contributed by atoms with van der Waals surface area (Å²) in [6, 6.07) is 21.9. The van der Waals surface area contributed by atoms with Crippen molar-refractivity contribution >= 4 is 31.9 Å². The zero-order valence-electron chi connectivity index (χ0n) is 9.88. The molecule has 0 aliphatic rings. The van der Waals surface area contributed by atoms with E-state index in [1.165, 1.54) is 15.9 Å².